The molecule has 1 heterocycles. The van der Waals surface area contributed by atoms with E-state index in [0.717, 1.165) is 11.7 Å². The smallest absolute Gasteiger partial charge is 0.122 e. The van der Waals surface area contributed by atoms with Gasteiger partial charge >= 0.3 is 0 Å². The van der Waals surface area contributed by atoms with Gasteiger partial charge in [0.2, 0.25) is 0 Å². The SMILES string of the molecule is CC(NC(C)C1CCCC1)c1ncc[nH]1. The van der Waals surface area contributed by atoms with Crippen molar-refractivity contribution in [3.05, 3.63) is 18.2 Å². The maximum absolute atomic E-state index is 4.28. The van der Waals surface area contributed by atoms with Gasteiger partial charge in [-0.15, -0.1) is 0 Å². The van der Waals surface area contributed by atoms with Gasteiger partial charge in [0.15, 0.2) is 0 Å². The van der Waals surface area contributed by atoms with E-state index >= 15 is 0 Å². The minimum Gasteiger partial charge on any atom is -0.347 e. The Morgan fingerprint density at radius 3 is 2.73 bits per heavy atom. The topological polar surface area (TPSA) is 40.7 Å². The van der Waals surface area contributed by atoms with Gasteiger partial charge in [-0.3, -0.25) is 0 Å². The first kappa shape index (κ1) is 10.7. The van der Waals surface area contributed by atoms with Crippen molar-refractivity contribution in [3.63, 3.8) is 0 Å². The van der Waals surface area contributed by atoms with Crippen LogP contribution in [0.1, 0.15) is 51.4 Å². The first-order valence-corrected chi connectivity index (χ1v) is 6.02. The van der Waals surface area contributed by atoms with E-state index in [-0.39, 0.29) is 0 Å². The molecule has 0 amide bonds. The van der Waals surface area contributed by atoms with Crippen LogP contribution in [0.2, 0.25) is 0 Å². The molecule has 2 atom stereocenters. The molecule has 0 saturated heterocycles. The zero-order valence-corrected chi connectivity index (χ0v) is 9.66. The first-order valence-electron chi connectivity index (χ1n) is 6.02. The van der Waals surface area contributed by atoms with Crippen molar-refractivity contribution in [3.8, 4) is 0 Å². The largest absolute Gasteiger partial charge is 0.347 e. The van der Waals surface area contributed by atoms with Gasteiger partial charge in [0, 0.05) is 18.4 Å². The molecule has 1 aliphatic carbocycles. The average molecular weight is 207 g/mol. The second-order valence-electron chi connectivity index (χ2n) is 4.70. The number of aromatic amines is 1. The predicted octanol–water partition coefficient (Wildman–Crippen LogP) is 2.64. The van der Waals surface area contributed by atoms with Crippen LogP contribution in [0.5, 0.6) is 0 Å². The molecule has 0 bridgehead atoms. The third-order valence-corrected chi connectivity index (χ3v) is 3.55. The molecule has 3 nitrogen and oxygen atoms in total. The lowest BCUT2D eigenvalue weighted by Gasteiger charge is -2.23. The van der Waals surface area contributed by atoms with E-state index < -0.39 is 0 Å². The molecule has 2 unspecified atom stereocenters. The van der Waals surface area contributed by atoms with Crippen molar-refractivity contribution in [2.75, 3.05) is 0 Å². The lowest BCUT2D eigenvalue weighted by atomic mass is 9.99. The fourth-order valence-electron chi connectivity index (χ4n) is 2.58. The quantitative estimate of drug-likeness (QED) is 0.797. The predicted molar refractivity (Wildman–Crippen MR) is 61.6 cm³/mol. The van der Waals surface area contributed by atoms with Gasteiger partial charge in [-0.2, -0.15) is 0 Å². The first-order chi connectivity index (χ1) is 7.27. The van der Waals surface area contributed by atoms with E-state index in [9.17, 15) is 0 Å². The van der Waals surface area contributed by atoms with E-state index in [1.807, 2.05) is 12.4 Å². The second-order valence-corrected chi connectivity index (χ2v) is 4.70. The van der Waals surface area contributed by atoms with Gasteiger partial charge < -0.3 is 10.3 Å². The molecule has 3 heteroatoms. The molecular formula is C12H21N3. The standard InChI is InChI=1S/C12H21N3/c1-9(11-5-3-4-6-11)15-10(2)12-13-7-8-14-12/h7-11,15H,3-6H2,1-2H3,(H,13,14). The molecule has 2 N–H and O–H groups in total. The number of hydrogen-bond acceptors (Lipinski definition) is 2. The summed E-state index contributed by atoms with van der Waals surface area (Å²) in [5.41, 5.74) is 0. The Morgan fingerprint density at radius 2 is 2.13 bits per heavy atom. The highest BCUT2D eigenvalue weighted by Crippen LogP contribution is 2.28. The van der Waals surface area contributed by atoms with Crippen LogP contribution in [0.25, 0.3) is 0 Å². The van der Waals surface area contributed by atoms with Crippen LogP contribution in [0, 0.1) is 5.92 Å². The Labute approximate surface area is 91.7 Å². The van der Waals surface area contributed by atoms with E-state index in [4.69, 9.17) is 0 Å². The highest BCUT2D eigenvalue weighted by molar-refractivity contribution is 4.95. The van der Waals surface area contributed by atoms with Gasteiger partial charge in [-0.25, -0.2) is 4.98 Å². The summed E-state index contributed by atoms with van der Waals surface area (Å²) in [6.07, 6.45) is 9.29. The van der Waals surface area contributed by atoms with Crippen LogP contribution in [0.4, 0.5) is 0 Å². The van der Waals surface area contributed by atoms with Crippen molar-refractivity contribution in [2.24, 2.45) is 5.92 Å². The number of imidazole rings is 1. The molecule has 1 fully saturated rings. The maximum Gasteiger partial charge on any atom is 0.122 e. The minimum absolute atomic E-state index is 0.329. The summed E-state index contributed by atoms with van der Waals surface area (Å²) in [6, 6.07) is 0.934. The van der Waals surface area contributed by atoms with E-state index in [0.29, 0.717) is 12.1 Å². The number of nitrogens with one attached hydrogen (secondary N) is 2. The fourth-order valence-corrected chi connectivity index (χ4v) is 2.58. The van der Waals surface area contributed by atoms with Crippen LogP contribution >= 0.6 is 0 Å². The Hall–Kier alpha value is -0.830. The molecule has 1 saturated carbocycles. The molecular weight excluding hydrogens is 186 g/mol. The zero-order chi connectivity index (χ0) is 10.7. The summed E-state index contributed by atoms with van der Waals surface area (Å²) < 4.78 is 0. The third-order valence-electron chi connectivity index (χ3n) is 3.55. The van der Waals surface area contributed by atoms with Crippen molar-refractivity contribution in [2.45, 2.75) is 51.6 Å². The van der Waals surface area contributed by atoms with E-state index in [1.54, 1.807) is 0 Å². The highest BCUT2D eigenvalue weighted by atomic mass is 15.0. The molecule has 1 aliphatic rings. The summed E-state index contributed by atoms with van der Waals surface area (Å²) in [5.74, 6) is 1.90. The van der Waals surface area contributed by atoms with Gasteiger partial charge in [0.1, 0.15) is 5.82 Å². The molecule has 0 spiro atoms. The average Bonchev–Trinajstić information content (AvgIpc) is 2.91. The van der Waals surface area contributed by atoms with Crippen LogP contribution < -0.4 is 5.32 Å². The van der Waals surface area contributed by atoms with Gasteiger partial charge in [0.05, 0.1) is 6.04 Å². The molecule has 15 heavy (non-hydrogen) atoms. The van der Waals surface area contributed by atoms with Gasteiger partial charge in [0.25, 0.3) is 0 Å². The fraction of sp³-hybridized carbons (Fsp3) is 0.750. The monoisotopic (exact) mass is 207 g/mol. The van der Waals surface area contributed by atoms with Gasteiger partial charge in [-0.1, -0.05) is 12.8 Å². The minimum atomic E-state index is 0.329. The van der Waals surface area contributed by atoms with Crippen LogP contribution in [-0.2, 0) is 0 Å². The third kappa shape index (κ3) is 2.59. The van der Waals surface area contributed by atoms with E-state index in [1.165, 1.54) is 25.7 Å². The Balaban J connectivity index is 1.85. The number of H-pyrrole nitrogens is 1. The normalized spacial score (nSPS) is 21.7. The summed E-state index contributed by atoms with van der Waals surface area (Å²) in [6.45, 7) is 4.47. The van der Waals surface area contributed by atoms with Crippen molar-refractivity contribution in [1.29, 1.82) is 0 Å². The molecule has 84 valence electrons. The molecule has 2 rings (SSSR count). The summed E-state index contributed by atoms with van der Waals surface area (Å²) in [5, 5.41) is 3.63. The highest BCUT2D eigenvalue weighted by Gasteiger charge is 2.23. The number of hydrogen-bond donors (Lipinski definition) is 2. The molecule has 1 aromatic rings. The van der Waals surface area contributed by atoms with Crippen molar-refractivity contribution in [1.82, 2.24) is 15.3 Å². The molecule has 0 aromatic carbocycles. The molecule has 0 radical (unpaired) electrons. The summed E-state index contributed by atoms with van der Waals surface area (Å²) in [4.78, 5) is 7.44. The van der Waals surface area contributed by atoms with Gasteiger partial charge in [-0.05, 0) is 32.6 Å². The summed E-state index contributed by atoms with van der Waals surface area (Å²) >= 11 is 0. The van der Waals surface area contributed by atoms with Crippen LogP contribution in [0.3, 0.4) is 0 Å². The zero-order valence-electron chi connectivity index (χ0n) is 9.66. The summed E-state index contributed by atoms with van der Waals surface area (Å²) in [7, 11) is 0. The molecule has 0 aliphatic heterocycles. The Kier molecular flexibility index (Phi) is 3.41. The second kappa shape index (κ2) is 4.79. The van der Waals surface area contributed by atoms with Crippen molar-refractivity contribution < 1.29 is 0 Å². The van der Waals surface area contributed by atoms with Crippen LogP contribution in [-0.4, -0.2) is 16.0 Å². The Bertz CT molecular complexity index is 275. The molecule has 1 aromatic heterocycles. The maximum atomic E-state index is 4.28. The van der Waals surface area contributed by atoms with Crippen LogP contribution in [0.15, 0.2) is 12.4 Å². The number of rotatable bonds is 4. The van der Waals surface area contributed by atoms with Crippen molar-refractivity contribution >= 4 is 0 Å². The lowest BCUT2D eigenvalue weighted by Crippen LogP contribution is -2.34. The van der Waals surface area contributed by atoms with E-state index in [2.05, 4.69) is 29.1 Å². The number of nitrogens with zero attached hydrogens (tertiary/aromatic N) is 1. The Morgan fingerprint density at radius 1 is 1.40 bits per heavy atom. The lowest BCUT2D eigenvalue weighted by molar-refractivity contribution is 0.347. The number of aromatic nitrogens is 2.